The number of carbonyl (C=O) groups is 1. The molecule has 150 valence electrons. The number of rotatable bonds is 7. The summed E-state index contributed by atoms with van der Waals surface area (Å²) in [5, 5.41) is 0. The topological polar surface area (TPSA) is 32.5 Å². The van der Waals surface area contributed by atoms with Crippen LogP contribution in [0.2, 0.25) is 0 Å². The number of hydrogen-bond acceptors (Lipinski definition) is 2. The predicted molar refractivity (Wildman–Crippen MR) is 119 cm³/mol. The molecule has 0 saturated carbocycles. The van der Waals surface area contributed by atoms with E-state index in [1.54, 1.807) is 18.9 Å². The molecular weight excluding hydrogens is 360 g/mol. The van der Waals surface area contributed by atoms with Gasteiger partial charge >= 0.3 is 0 Å². The van der Waals surface area contributed by atoms with E-state index in [1.165, 1.54) is 17.0 Å². The van der Waals surface area contributed by atoms with E-state index in [9.17, 15) is 4.79 Å². The summed E-state index contributed by atoms with van der Waals surface area (Å²) in [6.07, 6.45) is 7.86. The van der Waals surface area contributed by atoms with E-state index in [-0.39, 0.29) is 11.3 Å². The molecule has 2 aromatic rings. The van der Waals surface area contributed by atoms with Crippen molar-refractivity contribution in [2.24, 2.45) is 0 Å². The van der Waals surface area contributed by atoms with Gasteiger partial charge < -0.3 is 4.74 Å². The van der Waals surface area contributed by atoms with Crippen molar-refractivity contribution in [3.8, 4) is 0 Å². The molecule has 0 atom stereocenters. The number of allylic oxidation sites excluding steroid dienone is 3. The lowest BCUT2D eigenvalue weighted by Crippen LogP contribution is -2.28. The molecule has 0 N–H and O–H groups in total. The number of carbonyl (C=O) groups excluding carboxylic acids is 1. The van der Waals surface area contributed by atoms with Crippen LogP contribution in [0.5, 0.6) is 0 Å². The third-order valence-electron chi connectivity index (χ3n) is 5.29. The fourth-order valence-corrected chi connectivity index (χ4v) is 3.81. The Balaban J connectivity index is 1.89. The first-order chi connectivity index (χ1) is 14.0. The Labute approximate surface area is 173 Å². The van der Waals surface area contributed by atoms with Crippen LogP contribution in [0.3, 0.4) is 0 Å². The highest BCUT2D eigenvalue weighted by atomic mass is 16.5. The SMILES string of the molecule is COCC[N+]1=C(/C=C/C=C/N(C(C)=O)c2ccccc2)C(C)(C)c2ccccc21. The average molecular weight is 390 g/mol. The summed E-state index contributed by atoms with van der Waals surface area (Å²) in [5.74, 6) is -0.0242. The van der Waals surface area contributed by atoms with Crippen molar-refractivity contribution in [3.05, 3.63) is 84.6 Å². The highest BCUT2D eigenvalue weighted by Crippen LogP contribution is 2.39. The molecule has 4 nitrogen and oxygen atoms in total. The quantitative estimate of drug-likeness (QED) is 0.502. The average Bonchev–Trinajstić information content (AvgIpc) is 2.93. The van der Waals surface area contributed by atoms with Crippen molar-refractivity contribution >= 4 is 23.0 Å². The minimum Gasteiger partial charge on any atom is -0.378 e. The van der Waals surface area contributed by atoms with Crippen LogP contribution in [0.4, 0.5) is 11.4 Å². The smallest absolute Gasteiger partial charge is 0.227 e. The maximum Gasteiger partial charge on any atom is 0.227 e. The first-order valence-corrected chi connectivity index (χ1v) is 9.90. The molecule has 0 radical (unpaired) electrons. The zero-order valence-electron chi connectivity index (χ0n) is 17.6. The summed E-state index contributed by atoms with van der Waals surface area (Å²) in [7, 11) is 1.73. The largest absolute Gasteiger partial charge is 0.378 e. The third-order valence-corrected chi connectivity index (χ3v) is 5.29. The van der Waals surface area contributed by atoms with Gasteiger partial charge in [0.05, 0.1) is 5.41 Å². The number of fused-ring (bicyclic) bond motifs is 1. The van der Waals surface area contributed by atoms with E-state index < -0.39 is 0 Å². The molecule has 1 heterocycles. The molecule has 0 bridgehead atoms. The Hall–Kier alpha value is -2.98. The van der Waals surface area contributed by atoms with E-state index in [4.69, 9.17) is 4.74 Å². The lowest BCUT2D eigenvalue weighted by Gasteiger charge is -2.16. The first kappa shape index (κ1) is 20.7. The number of nitrogens with zero attached hydrogens (tertiary/aromatic N) is 2. The Morgan fingerprint density at radius 3 is 2.45 bits per heavy atom. The fraction of sp³-hybridized carbons (Fsp3) is 0.280. The Morgan fingerprint density at radius 1 is 1.07 bits per heavy atom. The maximum atomic E-state index is 12.0. The fourth-order valence-electron chi connectivity index (χ4n) is 3.81. The summed E-state index contributed by atoms with van der Waals surface area (Å²) in [6.45, 7) is 7.51. The Kier molecular flexibility index (Phi) is 6.45. The zero-order chi connectivity index (χ0) is 20.9. The number of para-hydroxylation sites is 2. The third kappa shape index (κ3) is 4.38. The van der Waals surface area contributed by atoms with Gasteiger partial charge in [-0.05, 0) is 32.1 Å². The molecule has 0 fully saturated rings. The number of ether oxygens (including phenoxy) is 1. The number of benzene rings is 2. The van der Waals surface area contributed by atoms with Crippen molar-refractivity contribution in [1.29, 1.82) is 0 Å². The van der Waals surface area contributed by atoms with Crippen molar-refractivity contribution < 1.29 is 14.1 Å². The van der Waals surface area contributed by atoms with Crippen LogP contribution >= 0.6 is 0 Å². The van der Waals surface area contributed by atoms with E-state index >= 15 is 0 Å². The number of methoxy groups -OCH3 is 1. The van der Waals surface area contributed by atoms with Gasteiger partial charge in [0.25, 0.3) is 0 Å². The molecule has 1 amide bonds. The van der Waals surface area contributed by atoms with E-state index in [0.717, 1.165) is 12.2 Å². The summed E-state index contributed by atoms with van der Waals surface area (Å²) < 4.78 is 7.65. The van der Waals surface area contributed by atoms with Crippen molar-refractivity contribution in [2.45, 2.75) is 26.2 Å². The standard InChI is InChI=1S/C25H29N2O2/c1-20(28)26(21-12-6-5-7-13-21)17-11-10-16-24-25(2,3)22-14-8-9-15-23(22)27(24)18-19-29-4/h5-17H,18-19H2,1-4H3/q+1. The second-order valence-electron chi connectivity index (χ2n) is 7.60. The molecule has 0 aliphatic carbocycles. The maximum absolute atomic E-state index is 12.0. The van der Waals surface area contributed by atoms with Crippen molar-refractivity contribution in [1.82, 2.24) is 0 Å². The molecule has 3 rings (SSSR count). The molecule has 0 aromatic heterocycles. The number of amides is 1. The molecule has 29 heavy (non-hydrogen) atoms. The zero-order valence-corrected chi connectivity index (χ0v) is 17.6. The Bertz CT molecular complexity index is 956. The molecule has 2 aromatic carbocycles. The van der Waals surface area contributed by atoms with Crippen LogP contribution in [0, 0.1) is 0 Å². The van der Waals surface area contributed by atoms with Gasteiger partial charge in [-0.25, -0.2) is 0 Å². The molecule has 0 unspecified atom stereocenters. The van der Waals surface area contributed by atoms with Crippen molar-refractivity contribution in [3.63, 3.8) is 0 Å². The van der Waals surface area contributed by atoms with Gasteiger partial charge in [0, 0.05) is 43.6 Å². The lowest BCUT2D eigenvalue weighted by atomic mass is 9.81. The van der Waals surface area contributed by atoms with Gasteiger partial charge in [-0.1, -0.05) is 42.5 Å². The molecule has 4 heteroatoms. The Morgan fingerprint density at radius 2 is 1.76 bits per heavy atom. The highest BCUT2D eigenvalue weighted by Gasteiger charge is 2.43. The van der Waals surface area contributed by atoms with E-state index in [1.807, 2.05) is 48.7 Å². The predicted octanol–water partition coefficient (Wildman–Crippen LogP) is 4.83. The van der Waals surface area contributed by atoms with E-state index in [2.05, 4.69) is 48.8 Å². The van der Waals surface area contributed by atoms with Crippen LogP contribution in [0.15, 0.2) is 79.0 Å². The summed E-state index contributed by atoms with van der Waals surface area (Å²) in [6, 6.07) is 18.2. The first-order valence-electron chi connectivity index (χ1n) is 9.90. The highest BCUT2D eigenvalue weighted by molar-refractivity contribution is 6.03. The number of anilines is 1. The van der Waals surface area contributed by atoms with Crippen LogP contribution in [-0.2, 0) is 14.9 Å². The molecular formula is C25H29N2O2+. The van der Waals surface area contributed by atoms with Crippen LogP contribution < -0.4 is 4.90 Å². The second-order valence-corrected chi connectivity index (χ2v) is 7.60. The van der Waals surface area contributed by atoms with E-state index in [0.29, 0.717) is 6.61 Å². The lowest BCUT2D eigenvalue weighted by molar-refractivity contribution is -0.441. The van der Waals surface area contributed by atoms with Gasteiger partial charge in [-0.2, -0.15) is 4.58 Å². The van der Waals surface area contributed by atoms with Crippen LogP contribution in [0.25, 0.3) is 0 Å². The van der Waals surface area contributed by atoms with Crippen LogP contribution in [-0.4, -0.2) is 36.5 Å². The summed E-state index contributed by atoms with van der Waals surface area (Å²) in [5.41, 5.74) is 4.51. The van der Waals surface area contributed by atoms with Crippen molar-refractivity contribution in [2.75, 3.05) is 25.2 Å². The molecule has 0 saturated heterocycles. The number of hydrogen-bond donors (Lipinski definition) is 0. The second kappa shape index (κ2) is 9.01. The van der Waals surface area contributed by atoms with Crippen LogP contribution in [0.1, 0.15) is 26.3 Å². The molecule has 1 aliphatic rings. The molecule has 1 aliphatic heterocycles. The minimum atomic E-state index is -0.103. The van der Waals surface area contributed by atoms with Gasteiger partial charge in [0.15, 0.2) is 12.3 Å². The van der Waals surface area contributed by atoms with Gasteiger partial charge in [0.2, 0.25) is 11.6 Å². The van der Waals surface area contributed by atoms with Gasteiger partial charge in [-0.15, -0.1) is 0 Å². The van der Waals surface area contributed by atoms with Gasteiger partial charge in [0.1, 0.15) is 6.61 Å². The summed E-state index contributed by atoms with van der Waals surface area (Å²) in [4.78, 5) is 13.7. The monoisotopic (exact) mass is 389 g/mol. The van der Waals surface area contributed by atoms with Gasteiger partial charge in [-0.3, -0.25) is 9.69 Å². The normalized spacial score (nSPS) is 15.3. The summed E-state index contributed by atoms with van der Waals surface area (Å²) >= 11 is 0. The molecule has 0 spiro atoms. The minimum absolute atomic E-state index is 0.0242.